The Balaban J connectivity index is 2.87. The Morgan fingerprint density at radius 1 is 1.80 bits per heavy atom. The van der Waals surface area contributed by atoms with Gasteiger partial charge in [-0.15, -0.1) is 0 Å². The number of imidazole rings is 1. The summed E-state index contributed by atoms with van der Waals surface area (Å²) in [5.74, 6) is 0.793. The normalized spacial score (nSPS) is 10.0. The maximum Gasteiger partial charge on any atom is 0.133 e. The van der Waals surface area contributed by atoms with Gasteiger partial charge in [-0.2, -0.15) is 5.26 Å². The molecule has 1 heterocycles. The molecule has 50 valence electrons. The van der Waals surface area contributed by atoms with E-state index in [4.69, 9.17) is 5.26 Å². The quantitative estimate of drug-likeness (QED) is 0.535. The summed E-state index contributed by atoms with van der Waals surface area (Å²) in [7, 11) is 1.88. The van der Waals surface area contributed by atoms with Crippen LogP contribution in [0.4, 0.5) is 0 Å². The average Bonchev–Trinajstić information content (AvgIpc) is 2.31. The van der Waals surface area contributed by atoms with Gasteiger partial charge in [0, 0.05) is 25.5 Å². The summed E-state index contributed by atoms with van der Waals surface area (Å²) in [6, 6.07) is 1.90. The molecule has 1 aromatic heterocycles. The number of hydrogen-bond acceptors (Lipinski definition) is 2. The molecule has 10 heavy (non-hydrogen) atoms. The maximum absolute atomic E-state index is 8.18. The highest BCUT2D eigenvalue weighted by Gasteiger charge is 1.89. The molecule has 3 nitrogen and oxygen atoms in total. The predicted molar refractivity (Wildman–Crippen MR) is 37.9 cm³/mol. The summed E-state index contributed by atoms with van der Waals surface area (Å²) in [5, 5.41) is 8.18. The van der Waals surface area contributed by atoms with Gasteiger partial charge in [-0.3, -0.25) is 0 Å². The van der Waals surface area contributed by atoms with Crippen LogP contribution in [0.1, 0.15) is 5.82 Å². The van der Waals surface area contributed by atoms with Crippen LogP contribution in [0.2, 0.25) is 0 Å². The van der Waals surface area contributed by atoms with Crippen molar-refractivity contribution >= 4 is 6.08 Å². The van der Waals surface area contributed by atoms with Gasteiger partial charge in [-0.05, 0) is 6.08 Å². The molecule has 0 amide bonds. The molecule has 0 aliphatic heterocycles. The van der Waals surface area contributed by atoms with Crippen LogP contribution in [0.5, 0.6) is 0 Å². The van der Waals surface area contributed by atoms with Gasteiger partial charge in [-0.25, -0.2) is 4.98 Å². The highest BCUT2D eigenvalue weighted by Crippen LogP contribution is 1.95. The van der Waals surface area contributed by atoms with Gasteiger partial charge in [0.15, 0.2) is 0 Å². The van der Waals surface area contributed by atoms with E-state index in [9.17, 15) is 0 Å². The first-order chi connectivity index (χ1) is 4.84. The second-order valence-electron chi connectivity index (χ2n) is 1.86. The number of allylic oxidation sites excluding steroid dienone is 1. The van der Waals surface area contributed by atoms with Gasteiger partial charge < -0.3 is 4.57 Å². The zero-order valence-corrected chi connectivity index (χ0v) is 5.65. The smallest absolute Gasteiger partial charge is 0.133 e. The molecule has 0 spiro atoms. The van der Waals surface area contributed by atoms with E-state index in [1.165, 1.54) is 6.08 Å². The van der Waals surface area contributed by atoms with E-state index in [0.29, 0.717) is 0 Å². The lowest BCUT2D eigenvalue weighted by molar-refractivity contribution is 0.897. The number of aryl methyl sites for hydroxylation is 1. The molecule has 0 saturated heterocycles. The van der Waals surface area contributed by atoms with Crippen LogP contribution in [0.3, 0.4) is 0 Å². The maximum atomic E-state index is 8.18. The number of nitriles is 1. The molecular formula is C7H7N3. The van der Waals surface area contributed by atoms with Crippen molar-refractivity contribution in [1.82, 2.24) is 9.55 Å². The first kappa shape index (κ1) is 6.56. The molecule has 0 radical (unpaired) electrons. The lowest BCUT2D eigenvalue weighted by Crippen LogP contribution is -1.88. The predicted octanol–water partition coefficient (Wildman–Crippen LogP) is 0.957. The zero-order valence-electron chi connectivity index (χ0n) is 5.65. The largest absolute Gasteiger partial charge is 0.335 e. The average molecular weight is 133 g/mol. The molecule has 0 aromatic carbocycles. The highest BCUT2D eigenvalue weighted by molar-refractivity contribution is 5.43. The third-order valence-electron chi connectivity index (χ3n) is 1.17. The number of nitrogens with zero attached hydrogens (tertiary/aromatic N) is 3. The van der Waals surface area contributed by atoms with Crippen molar-refractivity contribution in [2.24, 2.45) is 7.05 Å². The fourth-order valence-electron chi connectivity index (χ4n) is 0.650. The fraction of sp³-hybridized carbons (Fsp3) is 0.143. The zero-order chi connectivity index (χ0) is 7.40. The highest BCUT2D eigenvalue weighted by atomic mass is 15.0. The first-order valence-electron chi connectivity index (χ1n) is 2.88. The topological polar surface area (TPSA) is 41.6 Å². The van der Waals surface area contributed by atoms with E-state index >= 15 is 0 Å². The Kier molecular flexibility index (Phi) is 1.86. The van der Waals surface area contributed by atoms with Crippen molar-refractivity contribution in [2.45, 2.75) is 0 Å². The van der Waals surface area contributed by atoms with Crippen LogP contribution in [-0.2, 0) is 7.05 Å². The van der Waals surface area contributed by atoms with Crippen LogP contribution < -0.4 is 0 Å². The van der Waals surface area contributed by atoms with Crippen LogP contribution >= 0.6 is 0 Å². The van der Waals surface area contributed by atoms with Gasteiger partial charge in [0.05, 0.1) is 6.07 Å². The third-order valence-corrected chi connectivity index (χ3v) is 1.17. The fourth-order valence-corrected chi connectivity index (χ4v) is 0.650. The van der Waals surface area contributed by atoms with E-state index in [2.05, 4.69) is 4.98 Å². The van der Waals surface area contributed by atoms with E-state index in [1.807, 2.05) is 23.9 Å². The molecule has 0 N–H and O–H groups in total. The van der Waals surface area contributed by atoms with Gasteiger partial charge in [0.25, 0.3) is 0 Å². The molecule has 0 atom stereocenters. The summed E-state index contributed by atoms with van der Waals surface area (Å²) in [6.07, 6.45) is 6.59. The van der Waals surface area contributed by atoms with Gasteiger partial charge in [0.1, 0.15) is 5.82 Å². The molecule has 0 saturated carbocycles. The van der Waals surface area contributed by atoms with E-state index < -0.39 is 0 Å². The Bertz CT molecular complexity index is 277. The number of hydrogen-bond donors (Lipinski definition) is 0. The molecule has 0 bridgehead atoms. The lowest BCUT2D eigenvalue weighted by Gasteiger charge is -1.89. The standard InChI is InChI=1S/C7H7N3/c1-10-6-5-9-7(10)3-2-4-8/h2-3,5-6H,1H3. The van der Waals surface area contributed by atoms with Crippen molar-refractivity contribution in [3.8, 4) is 6.07 Å². The summed E-state index contributed by atoms with van der Waals surface area (Å²) < 4.78 is 1.84. The summed E-state index contributed by atoms with van der Waals surface area (Å²) in [5.41, 5.74) is 0. The van der Waals surface area contributed by atoms with Crippen LogP contribution in [0.25, 0.3) is 6.08 Å². The minimum absolute atomic E-state index is 0.793. The minimum atomic E-state index is 0.793. The molecule has 1 rings (SSSR count). The van der Waals surface area contributed by atoms with Crippen LogP contribution in [0, 0.1) is 11.3 Å². The number of aromatic nitrogens is 2. The van der Waals surface area contributed by atoms with Gasteiger partial charge in [-0.1, -0.05) is 0 Å². The lowest BCUT2D eigenvalue weighted by atomic mass is 10.5. The van der Waals surface area contributed by atoms with E-state index in [0.717, 1.165) is 5.82 Å². The summed E-state index contributed by atoms with van der Waals surface area (Å²) in [4.78, 5) is 3.98. The van der Waals surface area contributed by atoms with E-state index in [-0.39, 0.29) is 0 Å². The summed E-state index contributed by atoms with van der Waals surface area (Å²) >= 11 is 0. The third kappa shape index (κ3) is 1.23. The Labute approximate surface area is 59.2 Å². The summed E-state index contributed by atoms with van der Waals surface area (Å²) in [6.45, 7) is 0. The SMILES string of the molecule is Cn1ccnc1C=CC#N. The van der Waals surface area contributed by atoms with Crippen molar-refractivity contribution < 1.29 is 0 Å². The van der Waals surface area contributed by atoms with Crippen molar-refractivity contribution in [3.05, 3.63) is 24.3 Å². The molecule has 0 fully saturated rings. The van der Waals surface area contributed by atoms with Crippen LogP contribution in [-0.4, -0.2) is 9.55 Å². The Morgan fingerprint density at radius 2 is 2.60 bits per heavy atom. The van der Waals surface area contributed by atoms with Crippen molar-refractivity contribution in [2.75, 3.05) is 0 Å². The molecule has 0 unspecified atom stereocenters. The monoisotopic (exact) mass is 133 g/mol. The van der Waals surface area contributed by atoms with Gasteiger partial charge in [0.2, 0.25) is 0 Å². The van der Waals surface area contributed by atoms with Crippen molar-refractivity contribution in [3.63, 3.8) is 0 Å². The Morgan fingerprint density at radius 3 is 3.10 bits per heavy atom. The minimum Gasteiger partial charge on any atom is -0.335 e. The molecule has 0 aliphatic rings. The molecule has 0 aliphatic carbocycles. The number of rotatable bonds is 1. The molecular weight excluding hydrogens is 126 g/mol. The first-order valence-corrected chi connectivity index (χ1v) is 2.88. The van der Waals surface area contributed by atoms with Crippen molar-refractivity contribution in [1.29, 1.82) is 5.26 Å². The Hall–Kier alpha value is -1.56. The molecule has 1 aromatic rings. The van der Waals surface area contributed by atoms with Crippen LogP contribution in [0.15, 0.2) is 18.5 Å². The van der Waals surface area contributed by atoms with E-state index in [1.54, 1.807) is 12.3 Å². The molecule has 3 heteroatoms. The van der Waals surface area contributed by atoms with Gasteiger partial charge >= 0.3 is 0 Å². The second kappa shape index (κ2) is 2.83. The second-order valence-corrected chi connectivity index (χ2v) is 1.86.